The number of amides is 1. The number of hydrogen-bond donors (Lipinski definition) is 2. The molecule has 0 unspecified atom stereocenters. The number of carbonyl (C=O) groups is 1. The van der Waals surface area contributed by atoms with E-state index in [1.165, 1.54) is 11.1 Å². The Balaban J connectivity index is 2.27. The highest BCUT2D eigenvalue weighted by molar-refractivity contribution is 5.94. The van der Waals surface area contributed by atoms with Crippen molar-refractivity contribution in [3.63, 3.8) is 0 Å². The summed E-state index contributed by atoms with van der Waals surface area (Å²) in [5, 5.41) is 2.95. The molecule has 1 aromatic carbocycles. The molecule has 1 aromatic rings. The van der Waals surface area contributed by atoms with Crippen LogP contribution in [0.15, 0.2) is 12.1 Å². The van der Waals surface area contributed by atoms with Crippen LogP contribution in [0.1, 0.15) is 29.5 Å². The standard InChI is InChI=1S/C13H18N2O/c1-9-7-10(3-2-6-14)8-11-4-5-12(16)15-13(9)11/h7-8H,2-6,14H2,1H3,(H,15,16). The number of anilines is 1. The number of aryl methyl sites for hydroxylation is 3. The maximum absolute atomic E-state index is 11.3. The first-order chi connectivity index (χ1) is 7.70. The van der Waals surface area contributed by atoms with E-state index in [9.17, 15) is 4.79 Å². The van der Waals surface area contributed by atoms with Crippen molar-refractivity contribution in [2.24, 2.45) is 5.73 Å². The van der Waals surface area contributed by atoms with Gasteiger partial charge >= 0.3 is 0 Å². The number of benzene rings is 1. The summed E-state index contributed by atoms with van der Waals surface area (Å²) < 4.78 is 0. The van der Waals surface area contributed by atoms with Crippen LogP contribution in [0.4, 0.5) is 5.69 Å². The molecular weight excluding hydrogens is 200 g/mol. The number of rotatable bonds is 3. The minimum atomic E-state index is 0.130. The quantitative estimate of drug-likeness (QED) is 0.812. The molecule has 3 heteroatoms. The Morgan fingerprint density at radius 2 is 2.19 bits per heavy atom. The number of nitrogens with two attached hydrogens (primary N) is 1. The van der Waals surface area contributed by atoms with E-state index in [1.54, 1.807) is 0 Å². The SMILES string of the molecule is Cc1cc(CCCN)cc2c1NC(=O)CC2. The van der Waals surface area contributed by atoms with E-state index in [4.69, 9.17) is 5.73 Å². The summed E-state index contributed by atoms with van der Waals surface area (Å²) in [7, 11) is 0. The highest BCUT2D eigenvalue weighted by Crippen LogP contribution is 2.28. The molecule has 16 heavy (non-hydrogen) atoms. The molecule has 0 aromatic heterocycles. The number of carbonyl (C=O) groups excluding carboxylic acids is 1. The Morgan fingerprint density at radius 3 is 2.94 bits per heavy atom. The van der Waals surface area contributed by atoms with Gasteiger partial charge in [-0.05, 0) is 49.4 Å². The average Bonchev–Trinajstić information content (AvgIpc) is 2.27. The molecule has 0 bridgehead atoms. The molecule has 86 valence electrons. The largest absolute Gasteiger partial charge is 0.330 e. The Kier molecular flexibility index (Phi) is 3.25. The maximum Gasteiger partial charge on any atom is 0.224 e. The van der Waals surface area contributed by atoms with Crippen LogP contribution in [0.3, 0.4) is 0 Å². The molecule has 1 aliphatic heterocycles. The maximum atomic E-state index is 11.3. The second kappa shape index (κ2) is 4.66. The van der Waals surface area contributed by atoms with Crippen molar-refractivity contribution in [1.29, 1.82) is 0 Å². The van der Waals surface area contributed by atoms with Crippen LogP contribution >= 0.6 is 0 Å². The Hall–Kier alpha value is -1.35. The molecule has 0 atom stereocenters. The lowest BCUT2D eigenvalue weighted by atomic mass is 9.95. The van der Waals surface area contributed by atoms with Crippen LogP contribution in [-0.4, -0.2) is 12.5 Å². The van der Waals surface area contributed by atoms with Crippen LogP contribution in [0.5, 0.6) is 0 Å². The predicted molar refractivity (Wildman–Crippen MR) is 65.5 cm³/mol. The average molecular weight is 218 g/mol. The zero-order chi connectivity index (χ0) is 11.5. The molecule has 0 saturated heterocycles. The van der Waals surface area contributed by atoms with Crippen molar-refractivity contribution in [2.45, 2.75) is 32.6 Å². The molecule has 0 radical (unpaired) electrons. The molecule has 3 N–H and O–H groups in total. The van der Waals surface area contributed by atoms with Gasteiger partial charge in [0.05, 0.1) is 0 Å². The van der Waals surface area contributed by atoms with Gasteiger partial charge in [0, 0.05) is 12.1 Å². The van der Waals surface area contributed by atoms with E-state index in [0.717, 1.165) is 37.1 Å². The van der Waals surface area contributed by atoms with Crippen molar-refractivity contribution in [1.82, 2.24) is 0 Å². The van der Waals surface area contributed by atoms with Crippen LogP contribution < -0.4 is 11.1 Å². The molecule has 0 aliphatic carbocycles. The second-order valence-electron chi connectivity index (χ2n) is 4.39. The fourth-order valence-corrected chi connectivity index (χ4v) is 2.22. The van der Waals surface area contributed by atoms with E-state index in [0.29, 0.717) is 6.42 Å². The summed E-state index contributed by atoms with van der Waals surface area (Å²) in [6, 6.07) is 4.36. The van der Waals surface area contributed by atoms with Crippen molar-refractivity contribution in [3.8, 4) is 0 Å². The Morgan fingerprint density at radius 1 is 1.38 bits per heavy atom. The van der Waals surface area contributed by atoms with Gasteiger partial charge in [-0.25, -0.2) is 0 Å². The zero-order valence-corrected chi connectivity index (χ0v) is 9.68. The minimum absolute atomic E-state index is 0.130. The van der Waals surface area contributed by atoms with Crippen LogP contribution in [0.25, 0.3) is 0 Å². The summed E-state index contributed by atoms with van der Waals surface area (Å²) >= 11 is 0. The van der Waals surface area contributed by atoms with Crippen molar-refractivity contribution >= 4 is 11.6 Å². The van der Waals surface area contributed by atoms with Gasteiger partial charge in [0.25, 0.3) is 0 Å². The van der Waals surface area contributed by atoms with E-state index in [-0.39, 0.29) is 5.91 Å². The third-order valence-electron chi connectivity index (χ3n) is 3.03. The van der Waals surface area contributed by atoms with Crippen molar-refractivity contribution < 1.29 is 4.79 Å². The fraction of sp³-hybridized carbons (Fsp3) is 0.462. The first-order valence-electron chi connectivity index (χ1n) is 5.83. The third-order valence-corrected chi connectivity index (χ3v) is 3.03. The summed E-state index contributed by atoms with van der Waals surface area (Å²) in [5.74, 6) is 0.130. The molecule has 1 heterocycles. The number of fused-ring (bicyclic) bond motifs is 1. The van der Waals surface area contributed by atoms with E-state index >= 15 is 0 Å². The van der Waals surface area contributed by atoms with Crippen molar-refractivity contribution in [3.05, 3.63) is 28.8 Å². The third kappa shape index (κ3) is 2.25. The smallest absolute Gasteiger partial charge is 0.224 e. The van der Waals surface area contributed by atoms with Gasteiger partial charge in [-0.1, -0.05) is 12.1 Å². The van der Waals surface area contributed by atoms with E-state index in [1.807, 2.05) is 0 Å². The lowest BCUT2D eigenvalue weighted by molar-refractivity contribution is -0.116. The molecular formula is C13H18N2O. The molecule has 0 saturated carbocycles. The topological polar surface area (TPSA) is 55.1 Å². The highest BCUT2D eigenvalue weighted by atomic mass is 16.1. The predicted octanol–water partition coefficient (Wildman–Crippen LogP) is 1.77. The Bertz CT molecular complexity index is 413. The van der Waals surface area contributed by atoms with Gasteiger partial charge in [0.2, 0.25) is 5.91 Å². The molecule has 1 aliphatic rings. The monoisotopic (exact) mass is 218 g/mol. The van der Waals surface area contributed by atoms with Gasteiger partial charge in [0.15, 0.2) is 0 Å². The van der Waals surface area contributed by atoms with Gasteiger partial charge in [-0.15, -0.1) is 0 Å². The van der Waals surface area contributed by atoms with Gasteiger partial charge in [-0.3, -0.25) is 4.79 Å². The number of nitrogens with one attached hydrogen (secondary N) is 1. The minimum Gasteiger partial charge on any atom is -0.330 e. The fourth-order valence-electron chi connectivity index (χ4n) is 2.22. The van der Waals surface area contributed by atoms with Gasteiger partial charge in [0.1, 0.15) is 0 Å². The van der Waals surface area contributed by atoms with E-state index < -0.39 is 0 Å². The molecule has 1 amide bonds. The Labute approximate surface area is 96.0 Å². The normalized spacial score (nSPS) is 14.5. The lowest BCUT2D eigenvalue weighted by Gasteiger charge is -2.20. The van der Waals surface area contributed by atoms with Gasteiger partial charge < -0.3 is 11.1 Å². The molecule has 0 spiro atoms. The zero-order valence-electron chi connectivity index (χ0n) is 9.68. The van der Waals surface area contributed by atoms with E-state index in [2.05, 4.69) is 24.4 Å². The number of hydrogen-bond acceptors (Lipinski definition) is 2. The second-order valence-corrected chi connectivity index (χ2v) is 4.39. The van der Waals surface area contributed by atoms with Crippen LogP contribution in [0, 0.1) is 6.92 Å². The van der Waals surface area contributed by atoms with Crippen molar-refractivity contribution in [2.75, 3.05) is 11.9 Å². The first-order valence-corrected chi connectivity index (χ1v) is 5.83. The summed E-state index contributed by atoms with van der Waals surface area (Å²) in [5.41, 5.74) is 10.3. The lowest BCUT2D eigenvalue weighted by Crippen LogP contribution is -2.20. The highest BCUT2D eigenvalue weighted by Gasteiger charge is 2.16. The molecule has 2 rings (SSSR count). The summed E-state index contributed by atoms with van der Waals surface area (Å²) in [6.45, 7) is 2.78. The van der Waals surface area contributed by atoms with Gasteiger partial charge in [-0.2, -0.15) is 0 Å². The first kappa shape index (κ1) is 11.1. The van der Waals surface area contributed by atoms with Crippen LogP contribution in [-0.2, 0) is 17.6 Å². The molecule has 3 nitrogen and oxygen atoms in total. The van der Waals surface area contributed by atoms with Crippen LogP contribution in [0.2, 0.25) is 0 Å². The summed E-state index contributed by atoms with van der Waals surface area (Å²) in [6.07, 6.45) is 3.51. The molecule has 0 fully saturated rings. The summed E-state index contributed by atoms with van der Waals surface area (Å²) in [4.78, 5) is 11.3.